The Hall–Kier alpha value is -0.930. The van der Waals surface area contributed by atoms with E-state index in [1.807, 2.05) is 23.9 Å². The molecule has 0 fully saturated rings. The molecule has 2 aromatic carbocycles. The highest BCUT2D eigenvalue weighted by Crippen LogP contribution is 2.42. The highest BCUT2D eigenvalue weighted by molar-refractivity contribution is 7.98. The lowest BCUT2D eigenvalue weighted by atomic mass is 9.93. The van der Waals surface area contributed by atoms with Gasteiger partial charge in [-0.15, -0.1) is 11.8 Å². The zero-order valence-electron chi connectivity index (χ0n) is 13.3. The molecule has 0 N–H and O–H groups in total. The van der Waals surface area contributed by atoms with E-state index >= 15 is 0 Å². The third-order valence-corrected chi connectivity index (χ3v) is 5.49. The van der Waals surface area contributed by atoms with Gasteiger partial charge in [0.15, 0.2) is 0 Å². The van der Waals surface area contributed by atoms with E-state index in [1.165, 1.54) is 27.2 Å². The van der Waals surface area contributed by atoms with E-state index in [-0.39, 0.29) is 0 Å². The Bertz CT molecular complexity index is 698. The Kier molecular flexibility index (Phi) is 5.38. The van der Waals surface area contributed by atoms with Gasteiger partial charge in [0.1, 0.15) is 0 Å². The first-order valence-electron chi connectivity index (χ1n) is 7.61. The number of thioether (sulfide) groups is 1. The molecule has 1 aliphatic heterocycles. The second kappa shape index (κ2) is 7.31. The van der Waals surface area contributed by atoms with Crippen LogP contribution in [0.15, 0.2) is 47.4 Å². The van der Waals surface area contributed by atoms with Crippen molar-refractivity contribution >= 4 is 40.5 Å². The number of rotatable bonds is 3. The minimum atomic E-state index is 0.772. The molecule has 0 unspecified atom stereocenters. The van der Waals surface area contributed by atoms with Crippen molar-refractivity contribution in [3.05, 3.63) is 69.2 Å². The van der Waals surface area contributed by atoms with Crippen LogP contribution >= 0.6 is 35.0 Å². The van der Waals surface area contributed by atoms with E-state index in [2.05, 4.69) is 49.3 Å². The lowest BCUT2D eigenvalue weighted by Gasteiger charge is -2.13. The molecule has 0 bridgehead atoms. The highest BCUT2D eigenvalue weighted by Gasteiger charge is 2.19. The first-order chi connectivity index (χ1) is 11.0. The van der Waals surface area contributed by atoms with Crippen molar-refractivity contribution in [2.24, 2.45) is 0 Å². The topological polar surface area (TPSA) is 3.24 Å². The summed E-state index contributed by atoms with van der Waals surface area (Å²) in [5.74, 6) is 0.951. The van der Waals surface area contributed by atoms with Gasteiger partial charge in [-0.2, -0.15) is 0 Å². The average molecular weight is 364 g/mol. The lowest BCUT2D eigenvalue weighted by molar-refractivity contribution is 0.417. The Labute approximate surface area is 152 Å². The van der Waals surface area contributed by atoms with Crippen LogP contribution in [0, 0.1) is 0 Å². The van der Waals surface area contributed by atoms with Crippen LogP contribution in [0.3, 0.4) is 0 Å². The van der Waals surface area contributed by atoms with E-state index in [9.17, 15) is 0 Å². The normalized spacial score (nSPS) is 15.4. The van der Waals surface area contributed by atoms with Crippen molar-refractivity contribution < 1.29 is 0 Å². The maximum atomic E-state index is 6.27. The summed E-state index contributed by atoms with van der Waals surface area (Å²) in [6.45, 7) is 1.02. The molecule has 0 aromatic heterocycles. The summed E-state index contributed by atoms with van der Waals surface area (Å²) >= 11 is 14.4. The third kappa shape index (κ3) is 3.95. The molecule has 0 radical (unpaired) electrons. The van der Waals surface area contributed by atoms with Gasteiger partial charge in [0.05, 0.1) is 0 Å². The van der Waals surface area contributed by atoms with Gasteiger partial charge in [-0.25, -0.2) is 0 Å². The summed E-state index contributed by atoms with van der Waals surface area (Å²) < 4.78 is 0. The first-order valence-corrected chi connectivity index (χ1v) is 9.35. The van der Waals surface area contributed by atoms with Gasteiger partial charge in [-0.1, -0.05) is 35.3 Å². The van der Waals surface area contributed by atoms with Crippen LogP contribution in [-0.2, 0) is 5.75 Å². The maximum absolute atomic E-state index is 6.27. The van der Waals surface area contributed by atoms with E-state index in [0.717, 1.165) is 28.8 Å². The van der Waals surface area contributed by atoms with Crippen molar-refractivity contribution in [1.82, 2.24) is 4.90 Å². The molecule has 0 amide bonds. The fourth-order valence-electron chi connectivity index (χ4n) is 2.75. The zero-order valence-corrected chi connectivity index (χ0v) is 15.6. The lowest BCUT2D eigenvalue weighted by Crippen LogP contribution is -2.12. The summed E-state index contributed by atoms with van der Waals surface area (Å²) in [6, 6.07) is 12.3. The second-order valence-corrected chi connectivity index (χ2v) is 7.83. The minimum absolute atomic E-state index is 0.772. The Morgan fingerprint density at radius 3 is 2.48 bits per heavy atom. The molecule has 0 aliphatic carbocycles. The van der Waals surface area contributed by atoms with Crippen molar-refractivity contribution in [3.8, 4) is 0 Å². The molecule has 120 valence electrons. The number of hydrogen-bond donors (Lipinski definition) is 0. The summed E-state index contributed by atoms with van der Waals surface area (Å²) in [5, 5.41) is 1.55. The summed E-state index contributed by atoms with van der Waals surface area (Å²) in [4.78, 5) is 3.47. The van der Waals surface area contributed by atoms with Crippen molar-refractivity contribution in [2.75, 3.05) is 20.6 Å². The fraction of sp³-hybridized carbons (Fsp3) is 0.263. The van der Waals surface area contributed by atoms with Gasteiger partial charge < -0.3 is 4.90 Å². The van der Waals surface area contributed by atoms with Crippen LogP contribution in [0.4, 0.5) is 0 Å². The van der Waals surface area contributed by atoms with Gasteiger partial charge in [0.2, 0.25) is 0 Å². The number of benzene rings is 2. The molecule has 0 saturated carbocycles. The van der Waals surface area contributed by atoms with Gasteiger partial charge in [-0.05, 0) is 73.1 Å². The molecule has 2 aromatic rings. The molecule has 23 heavy (non-hydrogen) atoms. The molecular formula is C19H19Cl2NS. The van der Waals surface area contributed by atoms with E-state index < -0.39 is 0 Å². The van der Waals surface area contributed by atoms with Crippen LogP contribution in [0.25, 0.3) is 5.57 Å². The number of halogens is 2. The largest absolute Gasteiger partial charge is 0.309 e. The summed E-state index contributed by atoms with van der Waals surface area (Å²) in [5.41, 5.74) is 5.00. The Morgan fingerprint density at radius 1 is 1.04 bits per heavy atom. The summed E-state index contributed by atoms with van der Waals surface area (Å²) in [6.07, 6.45) is 3.31. The molecule has 0 saturated heterocycles. The first kappa shape index (κ1) is 16.9. The molecule has 4 heteroatoms. The van der Waals surface area contributed by atoms with Crippen molar-refractivity contribution in [3.63, 3.8) is 0 Å². The van der Waals surface area contributed by atoms with Gasteiger partial charge >= 0.3 is 0 Å². The monoisotopic (exact) mass is 363 g/mol. The Balaban J connectivity index is 2.13. The van der Waals surface area contributed by atoms with Gasteiger partial charge in [0.25, 0.3) is 0 Å². The molecule has 3 rings (SSSR count). The molecular weight excluding hydrogens is 345 g/mol. The molecule has 0 atom stereocenters. The van der Waals surface area contributed by atoms with Crippen LogP contribution < -0.4 is 0 Å². The van der Waals surface area contributed by atoms with E-state index in [0.29, 0.717) is 0 Å². The Morgan fingerprint density at radius 2 is 1.74 bits per heavy atom. The molecule has 0 spiro atoms. The SMILES string of the molecule is CN(C)CC/C=C1/c2cc(Cl)ccc2CSc2ccc(Cl)cc21. The van der Waals surface area contributed by atoms with Crippen LogP contribution in [0.5, 0.6) is 0 Å². The smallest absolute Gasteiger partial charge is 0.0412 e. The zero-order chi connectivity index (χ0) is 16.4. The second-order valence-electron chi connectivity index (χ2n) is 5.94. The molecule has 1 aliphatic rings. The number of fused-ring (bicyclic) bond motifs is 2. The average Bonchev–Trinajstić information content (AvgIpc) is 2.64. The number of hydrogen-bond acceptors (Lipinski definition) is 2. The van der Waals surface area contributed by atoms with E-state index in [1.54, 1.807) is 0 Å². The predicted molar refractivity (Wildman–Crippen MR) is 103 cm³/mol. The summed E-state index contributed by atoms with van der Waals surface area (Å²) in [7, 11) is 4.19. The number of nitrogens with zero attached hydrogens (tertiary/aromatic N) is 1. The van der Waals surface area contributed by atoms with Crippen molar-refractivity contribution in [2.45, 2.75) is 17.1 Å². The molecule has 1 nitrogen and oxygen atoms in total. The standard InChI is InChI=1S/C19H19Cl2NS/c1-22(2)9-3-4-16-17-10-14(20)6-5-13(17)12-23-19-8-7-15(21)11-18(16)19/h4-8,10-11H,3,9,12H2,1-2H3/b16-4-. The van der Waals surface area contributed by atoms with Crippen LogP contribution in [0.2, 0.25) is 10.0 Å². The minimum Gasteiger partial charge on any atom is -0.309 e. The van der Waals surface area contributed by atoms with E-state index in [4.69, 9.17) is 23.2 Å². The van der Waals surface area contributed by atoms with Gasteiger partial charge in [0, 0.05) is 27.2 Å². The van der Waals surface area contributed by atoms with Gasteiger partial charge in [-0.3, -0.25) is 0 Å². The fourth-order valence-corrected chi connectivity index (χ4v) is 4.15. The predicted octanol–water partition coefficient (Wildman–Crippen LogP) is 5.98. The molecule has 1 heterocycles. The maximum Gasteiger partial charge on any atom is 0.0412 e. The van der Waals surface area contributed by atoms with Crippen LogP contribution in [0.1, 0.15) is 23.1 Å². The van der Waals surface area contributed by atoms with Crippen LogP contribution in [-0.4, -0.2) is 25.5 Å². The highest BCUT2D eigenvalue weighted by atomic mass is 35.5. The van der Waals surface area contributed by atoms with Crippen molar-refractivity contribution in [1.29, 1.82) is 0 Å². The third-order valence-electron chi connectivity index (χ3n) is 3.90. The quantitative estimate of drug-likeness (QED) is 0.659.